The molecular formula is C14H22ClN3. The third-order valence-corrected chi connectivity index (χ3v) is 3.99. The van der Waals surface area contributed by atoms with Gasteiger partial charge in [0.15, 0.2) is 0 Å². The molecule has 0 aliphatic carbocycles. The number of benzene rings is 1. The molecule has 0 aromatic heterocycles. The van der Waals surface area contributed by atoms with Gasteiger partial charge in [0.1, 0.15) is 0 Å². The summed E-state index contributed by atoms with van der Waals surface area (Å²) in [5.74, 6) is 0. The zero-order valence-electron chi connectivity index (χ0n) is 11.2. The Balaban J connectivity index is 1.99. The van der Waals surface area contributed by atoms with Crippen molar-refractivity contribution in [1.29, 1.82) is 0 Å². The van der Waals surface area contributed by atoms with E-state index in [1.807, 2.05) is 18.2 Å². The van der Waals surface area contributed by atoms with E-state index in [9.17, 15) is 0 Å². The van der Waals surface area contributed by atoms with Crippen LogP contribution >= 0.6 is 11.6 Å². The second-order valence-electron chi connectivity index (χ2n) is 5.32. The fourth-order valence-corrected chi connectivity index (χ4v) is 2.79. The Morgan fingerprint density at radius 3 is 2.94 bits per heavy atom. The molecule has 1 saturated heterocycles. The highest BCUT2D eigenvalue weighted by Crippen LogP contribution is 2.21. The number of hydrogen-bond donors (Lipinski definition) is 1. The number of nitrogens with two attached hydrogens (primary N) is 1. The molecule has 0 spiro atoms. The monoisotopic (exact) mass is 267 g/mol. The summed E-state index contributed by atoms with van der Waals surface area (Å²) in [5, 5.41) is 0.705. The Morgan fingerprint density at radius 1 is 1.50 bits per heavy atom. The van der Waals surface area contributed by atoms with Crippen LogP contribution in [-0.2, 0) is 6.54 Å². The molecule has 1 aromatic carbocycles. The van der Waals surface area contributed by atoms with E-state index in [-0.39, 0.29) is 0 Å². The van der Waals surface area contributed by atoms with Crippen LogP contribution in [0.4, 0.5) is 5.69 Å². The van der Waals surface area contributed by atoms with Gasteiger partial charge in [0, 0.05) is 29.8 Å². The molecule has 0 saturated carbocycles. The van der Waals surface area contributed by atoms with Gasteiger partial charge in [0.2, 0.25) is 0 Å². The van der Waals surface area contributed by atoms with Crippen LogP contribution in [0.2, 0.25) is 5.02 Å². The summed E-state index contributed by atoms with van der Waals surface area (Å²) in [6.45, 7) is 3.25. The minimum absolute atomic E-state index is 0.624. The molecule has 1 aliphatic rings. The van der Waals surface area contributed by atoms with Crippen molar-refractivity contribution >= 4 is 17.3 Å². The summed E-state index contributed by atoms with van der Waals surface area (Å²) < 4.78 is 0. The van der Waals surface area contributed by atoms with Crippen LogP contribution in [0, 0.1) is 0 Å². The Morgan fingerprint density at radius 2 is 2.28 bits per heavy atom. The van der Waals surface area contributed by atoms with E-state index >= 15 is 0 Å². The molecule has 3 nitrogen and oxygen atoms in total. The van der Waals surface area contributed by atoms with Gasteiger partial charge >= 0.3 is 0 Å². The zero-order valence-corrected chi connectivity index (χ0v) is 12.0. The van der Waals surface area contributed by atoms with Crippen molar-refractivity contribution in [1.82, 2.24) is 9.80 Å². The van der Waals surface area contributed by atoms with Crippen LogP contribution in [0.3, 0.4) is 0 Å². The molecule has 1 aliphatic heterocycles. The predicted molar refractivity (Wildman–Crippen MR) is 77.9 cm³/mol. The first-order chi connectivity index (χ1) is 8.56. The lowest BCUT2D eigenvalue weighted by atomic mass is 10.0. The molecule has 1 heterocycles. The van der Waals surface area contributed by atoms with Crippen LogP contribution < -0.4 is 5.73 Å². The number of nitrogen functional groups attached to an aromatic ring is 1. The van der Waals surface area contributed by atoms with E-state index in [0.717, 1.165) is 24.3 Å². The zero-order chi connectivity index (χ0) is 13.1. The fraction of sp³-hybridized carbons (Fsp3) is 0.571. The lowest BCUT2D eigenvalue weighted by Crippen LogP contribution is -2.44. The molecule has 2 rings (SSSR count). The molecule has 0 amide bonds. The lowest BCUT2D eigenvalue weighted by molar-refractivity contribution is 0.129. The van der Waals surface area contributed by atoms with E-state index in [2.05, 4.69) is 23.9 Å². The fourth-order valence-electron chi connectivity index (χ4n) is 2.61. The Labute approximate surface area is 115 Å². The highest BCUT2D eigenvalue weighted by atomic mass is 35.5. The van der Waals surface area contributed by atoms with Crippen molar-refractivity contribution in [3.63, 3.8) is 0 Å². The summed E-state index contributed by atoms with van der Waals surface area (Å²) in [6.07, 6.45) is 2.55. The van der Waals surface area contributed by atoms with Gasteiger partial charge < -0.3 is 10.6 Å². The maximum absolute atomic E-state index is 6.00. The van der Waals surface area contributed by atoms with Crippen LogP contribution in [0.25, 0.3) is 0 Å². The van der Waals surface area contributed by atoms with E-state index in [1.54, 1.807) is 0 Å². The van der Waals surface area contributed by atoms with Gasteiger partial charge in [-0.1, -0.05) is 17.7 Å². The molecule has 0 bridgehead atoms. The molecule has 2 N–H and O–H groups in total. The summed E-state index contributed by atoms with van der Waals surface area (Å²) in [4.78, 5) is 4.80. The van der Waals surface area contributed by atoms with E-state index < -0.39 is 0 Å². The number of likely N-dealkylation sites (tertiary alicyclic amines) is 1. The highest BCUT2D eigenvalue weighted by Gasteiger charge is 2.21. The molecule has 1 aromatic rings. The molecule has 1 atom stereocenters. The maximum atomic E-state index is 6.00. The first-order valence-corrected chi connectivity index (χ1v) is 6.87. The third kappa shape index (κ3) is 3.37. The number of piperidine rings is 1. The van der Waals surface area contributed by atoms with Gasteiger partial charge in [-0.25, -0.2) is 0 Å². The second-order valence-corrected chi connectivity index (χ2v) is 5.75. The Bertz CT molecular complexity index is 408. The number of halogens is 1. The topological polar surface area (TPSA) is 32.5 Å². The first-order valence-electron chi connectivity index (χ1n) is 6.49. The van der Waals surface area contributed by atoms with Crippen LogP contribution in [0.1, 0.15) is 18.4 Å². The molecule has 100 valence electrons. The molecule has 1 fully saturated rings. The Kier molecular flexibility index (Phi) is 4.49. The van der Waals surface area contributed by atoms with E-state index in [0.29, 0.717) is 11.1 Å². The van der Waals surface area contributed by atoms with Crippen LogP contribution in [0.5, 0.6) is 0 Å². The van der Waals surface area contributed by atoms with Gasteiger partial charge in [0.05, 0.1) is 0 Å². The minimum atomic E-state index is 0.624. The predicted octanol–water partition coefficient (Wildman–Crippen LogP) is 2.45. The molecule has 18 heavy (non-hydrogen) atoms. The SMILES string of the molecule is CN1CCCC(N(C)Cc2ccc(Cl)cc2N)C1. The van der Waals surface area contributed by atoms with Crippen molar-refractivity contribution in [2.75, 3.05) is 32.9 Å². The van der Waals surface area contributed by atoms with E-state index in [4.69, 9.17) is 17.3 Å². The van der Waals surface area contributed by atoms with Gasteiger partial charge in [-0.3, -0.25) is 4.90 Å². The normalized spacial score (nSPS) is 21.4. The minimum Gasteiger partial charge on any atom is -0.398 e. The van der Waals surface area contributed by atoms with Crippen LogP contribution in [0.15, 0.2) is 18.2 Å². The smallest absolute Gasteiger partial charge is 0.0426 e. The van der Waals surface area contributed by atoms with E-state index in [1.165, 1.54) is 19.4 Å². The molecular weight excluding hydrogens is 246 g/mol. The number of rotatable bonds is 3. The summed E-state index contributed by atoms with van der Waals surface area (Å²) in [7, 11) is 4.37. The Hall–Kier alpha value is -0.770. The molecule has 1 unspecified atom stereocenters. The van der Waals surface area contributed by atoms with Gasteiger partial charge in [-0.05, 0) is 51.2 Å². The quantitative estimate of drug-likeness (QED) is 0.854. The summed E-state index contributed by atoms with van der Waals surface area (Å²) in [6, 6.07) is 6.39. The largest absolute Gasteiger partial charge is 0.398 e. The summed E-state index contributed by atoms with van der Waals surface area (Å²) >= 11 is 5.92. The highest BCUT2D eigenvalue weighted by molar-refractivity contribution is 6.30. The van der Waals surface area contributed by atoms with Crippen molar-refractivity contribution in [3.05, 3.63) is 28.8 Å². The van der Waals surface area contributed by atoms with Crippen molar-refractivity contribution in [2.45, 2.75) is 25.4 Å². The number of nitrogens with zero attached hydrogens (tertiary/aromatic N) is 2. The van der Waals surface area contributed by atoms with Crippen molar-refractivity contribution < 1.29 is 0 Å². The summed E-state index contributed by atoms with van der Waals surface area (Å²) in [5.41, 5.74) is 7.96. The average molecular weight is 268 g/mol. The number of likely N-dealkylation sites (N-methyl/N-ethyl adjacent to an activating group) is 2. The lowest BCUT2D eigenvalue weighted by Gasteiger charge is -2.36. The van der Waals surface area contributed by atoms with Gasteiger partial charge in [-0.15, -0.1) is 0 Å². The average Bonchev–Trinajstić information content (AvgIpc) is 2.32. The molecule has 0 radical (unpaired) electrons. The second kappa shape index (κ2) is 5.91. The maximum Gasteiger partial charge on any atom is 0.0426 e. The molecule has 4 heteroatoms. The van der Waals surface area contributed by atoms with Crippen molar-refractivity contribution in [3.8, 4) is 0 Å². The van der Waals surface area contributed by atoms with Crippen LogP contribution in [-0.4, -0.2) is 43.0 Å². The number of anilines is 1. The van der Waals surface area contributed by atoms with Crippen molar-refractivity contribution in [2.24, 2.45) is 0 Å². The third-order valence-electron chi connectivity index (χ3n) is 3.75. The first kappa shape index (κ1) is 13.7. The standard InChI is InChI=1S/C14H22ClN3/c1-17-7-3-4-13(10-17)18(2)9-11-5-6-12(15)8-14(11)16/h5-6,8,13H,3-4,7,9-10,16H2,1-2H3. The van der Waals surface area contributed by atoms with Gasteiger partial charge in [-0.2, -0.15) is 0 Å². The van der Waals surface area contributed by atoms with Gasteiger partial charge in [0.25, 0.3) is 0 Å². The number of hydrogen-bond acceptors (Lipinski definition) is 3.